The van der Waals surface area contributed by atoms with Gasteiger partial charge in [0.15, 0.2) is 6.29 Å². The summed E-state index contributed by atoms with van der Waals surface area (Å²) in [5.74, 6) is 0. The van der Waals surface area contributed by atoms with Crippen LogP contribution in [0.4, 0.5) is 0 Å². The van der Waals surface area contributed by atoms with Crippen molar-refractivity contribution in [3.63, 3.8) is 0 Å². The molecule has 5 heteroatoms. The number of nitrogens with zero attached hydrogens (tertiary/aromatic N) is 2. The number of aryl methyl sites for hydroxylation is 1. The van der Waals surface area contributed by atoms with Gasteiger partial charge in [-0.25, -0.2) is 9.97 Å². The van der Waals surface area contributed by atoms with E-state index >= 15 is 0 Å². The van der Waals surface area contributed by atoms with E-state index in [-0.39, 0.29) is 5.15 Å². The highest BCUT2D eigenvalue weighted by molar-refractivity contribution is 7.10. The molecule has 0 unspecified atom stereocenters. The van der Waals surface area contributed by atoms with E-state index in [9.17, 15) is 4.79 Å². The summed E-state index contributed by atoms with van der Waals surface area (Å²) in [5, 5.41) is 2.15. The highest BCUT2D eigenvalue weighted by Gasteiger charge is 2.13. The van der Waals surface area contributed by atoms with E-state index in [0.29, 0.717) is 17.5 Å². The Morgan fingerprint density at radius 1 is 1.47 bits per heavy atom. The molecular formula is C10H7ClN2OS. The van der Waals surface area contributed by atoms with Gasteiger partial charge in [-0.3, -0.25) is 4.79 Å². The van der Waals surface area contributed by atoms with E-state index in [2.05, 4.69) is 9.97 Å². The molecular weight excluding hydrogens is 232 g/mol. The Morgan fingerprint density at radius 3 is 2.87 bits per heavy atom. The molecule has 0 aliphatic rings. The minimum absolute atomic E-state index is 0.195. The van der Waals surface area contributed by atoms with Crippen LogP contribution in [0.1, 0.15) is 15.2 Å². The summed E-state index contributed by atoms with van der Waals surface area (Å²) >= 11 is 7.42. The minimum atomic E-state index is 0.195. The average Bonchev–Trinajstić information content (AvgIpc) is 2.64. The second-order valence-electron chi connectivity index (χ2n) is 2.94. The average molecular weight is 239 g/mol. The van der Waals surface area contributed by atoms with Gasteiger partial charge in [0.1, 0.15) is 11.5 Å². The fraction of sp³-hybridized carbons (Fsp3) is 0.100. The first kappa shape index (κ1) is 10.3. The van der Waals surface area contributed by atoms with Crippen LogP contribution in [0.3, 0.4) is 0 Å². The van der Waals surface area contributed by atoms with Gasteiger partial charge in [-0.15, -0.1) is 11.3 Å². The van der Waals surface area contributed by atoms with Gasteiger partial charge in [0.25, 0.3) is 0 Å². The van der Waals surface area contributed by atoms with Crippen LogP contribution in [-0.2, 0) is 0 Å². The molecule has 0 atom stereocenters. The first-order chi connectivity index (χ1) is 7.24. The van der Waals surface area contributed by atoms with Crippen molar-refractivity contribution in [2.24, 2.45) is 0 Å². The largest absolute Gasteiger partial charge is 0.298 e. The van der Waals surface area contributed by atoms with E-state index in [1.54, 1.807) is 11.3 Å². The SMILES string of the molecule is Cc1sccc1-c1ncnc(Cl)c1C=O. The predicted molar refractivity (Wildman–Crippen MR) is 60.5 cm³/mol. The smallest absolute Gasteiger partial charge is 0.155 e. The van der Waals surface area contributed by atoms with Gasteiger partial charge in [0.2, 0.25) is 0 Å². The van der Waals surface area contributed by atoms with E-state index in [1.807, 2.05) is 18.4 Å². The number of hydrogen-bond donors (Lipinski definition) is 0. The summed E-state index contributed by atoms with van der Waals surface area (Å²) in [4.78, 5) is 19.9. The zero-order valence-corrected chi connectivity index (χ0v) is 9.47. The van der Waals surface area contributed by atoms with Gasteiger partial charge in [0, 0.05) is 10.4 Å². The molecule has 0 saturated carbocycles. The molecule has 0 aliphatic carbocycles. The second kappa shape index (κ2) is 4.08. The zero-order valence-electron chi connectivity index (χ0n) is 7.90. The van der Waals surface area contributed by atoms with Crippen LogP contribution in [0, 0.1) is 6.92 Å². The van der Waals surface area contributed by atoms with Crippen LogP contribution in [0.15, 0.2) is 17.8 Å². The number of aromatic nitrogens is 2. The maximum absolute atomic E-state index is 10.9. The van der Waals surface area contributed by atoms with Crippen molar-refractivity contribution < 1.29 is 4.79 Å². The monoisotopic (exact) mass is 238 g/mol. The summed E-state index contributed by atoms with van der Waals surface area (Å²) < 4.78 is 0. The van der Waals surface area contributed by atoms with Crippen molar-refractivity contribution in [1.29, 1.82) is 0 Å². The Morgan fingerprint density at radius 2 is 2.27 bits per heavy atom. The number of hydrogen-bond acceptors (Lipinski definition) is 4. The Labute approximate surface area is 95.8 Å². The molecule has 2 aromatic rings. The van der Waals surface area contributed by atoms with E-state index < -0.39 is 0 Å². The highest BCUT2D eigenvalue weighted by atomic mass is 35.5. The summed E-state index contributed by atoms with van der Waals surface area (Å²) in [6, 6.07) is 1.92. The first-order valence-electron chi connectivity index (χ1n) is 4.24. The molecule has 3 nitrogen and oxygen atoms in total. The third-order valence-electron chi connectivity index (χ3n) is 2.07. The van der Waals surface area contributed by atoms with Gasteiger partial charge in [-0.1, -0.05) is 11.6 Å². The van der Waals surface area contributed by atoms with Crippen LogP contribution >= 0.6 is 22.9 Å². The van der Waals surface area contributed by atoms with Gasteiger partial charge < -0.3 is 0 Å². The van der Waals surface area contributed by atoms with E-state index in [4.69, 9.17) is 11.6 Å². The number of thiophene rings is 1. The fourth-order valence-electron chi connectivity index (χ4n) is 1.32. The number of aldehydes is 1. The lowest BCUT2D eigenvalue weighted by atomic mass is 10.1. The number of rotatable bonds is 2. The highest BCUT2D eigenvalue weighted by Crippen LogP contribution is 2.29. The summed E-state index contributed by atoms with van der Waals surface area (Å²) in [6.07, 6.45) is 2.05. The molecule has 0 radical (unpaired) electrons. The quantitative estimate of drug-likeness (QED) is 0.597. The second-order valence-corrected chi connectivity index (χ2v) is 4.41. The van der Waals surface area contributed by atoms with Crippen LogP contribution < -0.4 is 0 Å². The molecule has 15 heavy (non-hydrogen) atoms. The van der Waals surface area contributed by atoms with Crippen LogP contribution in [0.5, 0.6) is 0 Å². The molecule has 0 bridgehead atoms. The number of carbonyl (C=O) groups is 1. The maximum Gasteiger partial charge on any atom is 0.155 e. The molecule has 2 heterocycles. The molecule has 0 saturated heterocycles. The normalized spacial score (nSPS) is 10.3. The molecule has 0 N–H and O–H groups in total. The van der Waals surface area contributed by atoms with Gasteiger partial charge in [-0.2, -0.15) is 0 Å². The van der Waals surface area contributed by atoms with Gasteiger partial charge in [-0.05, 0) is 18.4 Å². The van der Waals surface area contributed by atoms with Crippen LogP contribution in [0.25, 0.3) is 11.3 Å². The van der Waals surface area contributed by atoms with Crippen molar-refractivity contribution in [2.45, 2.75) is 6.92 Å². The molecule has 0 aromatic carbocycles. The summed E-state index contributed by atoms with van der Waals surface area (Å²) in [7, 11) is 0. The van der Waals surface area contributed by atoms with Crippen molar-refractivity contribution in [3.05, 3.63) is 33.4 Å². The zero-order chi connectivity index (χ0) is 10.8. The predicted octanol–water partition coefficient (Wildman–Crippen LogP) is 2.98. The molecule has 76 valence electrons. The van der Waals surface area contributed by atoms with E-state index in [0.717, 1.165) is 10.4 Å². The molecule has 0 aliphatic heterocycles. The van der Waals surface area contributed by atoms with Crippen molar-refractivity contribution in [2.75, 3.05) is 0 Å². The summed E-state index contributed by atoms with van der Waals surface area (Å²) in [5.41, 5.74) is 1.89. The fourth-order valence-corrected chi connectivity index (χ4v) is 2.20. The number of halogens is 1. The van der Waals surface area contributed by atoms with Crippen molar-refractivity contribution >= 4 is 29.2 Å². The molecule has 2 rings (SSSR count). The van der Waals surface area contributed by atoms with E-state index in [1.165, 1.54) is 6.33 Å². The van der Waals surface area contributed by atoms with Crippen LogP contribution in [-0.4, -0.2) is 16.3 Å². The molecule has 2 aromatic heterocycles. The molecule has 0 amide bonds. The van der Waals surface area contributed by atoms with Crippen LogP contribution in [0.2, 0.25) is 5.15 Å². The third kappa shape index (κ3) is 1.78. The lowest BCUT2D eigenvalue weighted by Gasteiger charge is -2.03. The Bertz CT molecular complexity index is 510. The Hall–Kier alpha value is -1.26. The number of carbonyl (C=O) groups excluding carboxylic acids is 1. The topological polar surface area (TPSA) is 42.9 Å². The lowest BCUT2D eigenvalue weighted by molar-refractivity contribution is 0.112. The first-order valence-corrected chi connectivity index (χ1v) is 5.50. The minimum Gasteiger partial charge on any atom is -0.298 e. The standard InChI is InChI=1S/C10H7ClN2OS/c1-6-7(2-3-15-6)9-8(4-14)10(11)13-5-12-9/h2-5H,1H3. The third-order valence-corrected chi connectivity index (χ3v) is 3.21. The molecule has 0 fully saturated rings. The van der Waals surface area contributed by atoms with Gasteiger partial charge >= 0.3 is 0 Å². The van der Waals surface area contributed by atoms with Gasteiger partial charge in [0.05, 0.1) is 11.3 Å². The lowest BCUT2D eigenvalue weighted by Crippen LogP contribution is -1.95. The summed E-state index contributed by atoms with van der Waals surface area (Å²) in [6.45, 7) is 1.98. The Kier molecular flexibility index (Phi) is 2.79. The molecule has 0 spiro atoms. The maximum atomic E-state index is 10.9. The van der Waals surface area contributed by atoms with Crippen molar-refractivity contribution in [1.82, 2.24) is 9.97 Å². The van der Waals surface area contributed by atoms with Crippen molar-refractivity contribution in [3.8, 4) is 11.3 Å². The Balaban J connectivity index is 2.68.